The number of carboxylic acid groups (broad SMARTS) is 1. The van der Waals surface area contributed by atoms with E-state index in [-0.39, 0.29) is 5.56 Å². The number of aromatic carboxylic acids is 1. The average molecular weight is 339 g/mol. The Kier molecular flexibility index (Phi) is 4.44. The molecule has 1 heterocycles. The minimum Gasteiger partial charge on any atom is -0.487 e. The van der Waals surface area contributed by atoms with Gasteiger partial charge in [-0.25, -0.2) is 4.79 Å². The van der Waals surface area contributed by atoms with E-state index in [0.29, 0.717) is 22.9 Å². The summed E-state index contributed by atoms with van der Waals surface area (Å²) in [6.45, 7) is 4.40. The number of carbonyl (C=O) groups is 1. The van der Waals surface area contributed by atoms with E-state index in [1.807, 2.05) is 30.8 Å². The van der Waals surface area contributed by atoms with Crippen LogP contribution in [-0.4, -0.2) is 20.9 Å². The van der Waals surface area contributed by atoms with Gasteiger partial charge in [-0.3, -0.25) is 4.68 Å². The van der Waals surface area contributed by atoms with Crippen LogP contribution < -0.4 is 4.74 Å². The van der Waals surface area contributed by atoms with Gasteiger partial charge >= 0.3 is 5.97 Å². The van der Waals surface area contributed by atoms with Crippen molar-refractivity contribution in [3.05, 3.63) is 46.2 Å². The van der Waals surface area contributed by atoms with Gasteiger partial charge in [0, 0.05) is 16.7 Å². The van der Waals surface area contributed by atoms with Crippen molar-refractivity contribution in [3.63, 3.8) is 0 Å². The third-order valence-corrected chi connectivity index (χ3v) is 3.44. The second-order valence-electron chi connectivity index (χ2n) is 4.62. The highest BCUT2D eigenvalue weighted by Gasteiger charge is 2.10. The Morgan fingerprint density at radius 3 is 2.80 bits per heavy atom. The van der Waals surface area contributed by atoms with Crippen LogP contribution in [0.25, 0.3) is 0 Å². The first kappa shape index (κ1) is 14.6. The second kappa shape index (κ2) is 6.09. The number of nitrogens with zero attached hydrogens (tertiary/aromatic N) is 2. The van der Waals surface area contributed by atoms with Crippen LogP contribution in [0.15, 0.2) is 34.9 Å². The monoisotopic (exact) mass is 338 g/mol. The van der Waals surface area contributed by atoms with Crippen LogP contribution in [-0.2, 0) is 6.61 Å². The van der Waals surface area contributed by atoms with E-state index in [2.05, 4.69) is 21.0 Å². The highest BCUT2D eigenvalue weighted by atomic mass is 79.9. The quantitative estimate of drug-likeness (QED) is 0.905. The third kappa shape index (κ3) is 3.39. The molecule has 1 aromatic carbocycles. The fourth-order valence-corrected chi connectivity index (χ4v) is 2.07. The Morgan fingerprint density at radius 1 is 1.45 bits per heavy atom. The normalized spacial score (nSPS) is 10.8. The molecule has 0 aliphatic heterocycles. The van der Waals surface area contributed by atoms with Gasteiger partial charge in [-0.15, -0.1) is 0 Å². The molecular formula is C14H15BrN2O3. The van der Waals surface area contributed by atoms with Gasteiger partial charge in [0.05, 0.1) is 11.3 Å². The fourth-order valence-electron chi connectivity index (χ4n) is 1.66. The van der Waals surface area contributed by atoms with Gasteiger partial charge in [-0.2, -0.15) is 5.10 Å². The van der Waals surface area contributed by atoms with Crippen molar-refractivity contribution in [2.45, 2.75) is 26.5 Å². The first-order valence-electron chi connectivity index (χ1n) is 6.17. The van der Waals surface area contributed by atoms with Crippen molar-refractivity contribution in [1.82, 2.24) is 9.78 Å². The van der Waals surface area contributed by atoms with Gasteiger partial charge in [0.1, 0.15) is 12.4 Å². The Bertz CT molecular complexity index is 623. The van der Waals surface area contributed by atoms with Gasteiger partial charge in [0.2, 0.25) is 0 Å². The summed E-state index contributed by atoms with van der Waals surface area (Å²) in [7, 11) is 0. The molecule has 0 radical (unpaired) electrons. The van der Waals surface area contributed by atoms with Crippen molar-refractivity contribution in [2.24, 2.45) is 0 Å². The molecule has 0 amide bonds. The van der Waals surface area contributed by atoms with E-state index in [9.17, 15) is 4.79 Å². The van der Waals surface area contributed by atoms with Crippen LogP contribution in [0, 0.1) is 0 Å². The van der Waals surface area contributed by atoms with E-state index in [0.717, 1.165) is 5.69 Å². The predicted octanol–water partition coefficient (Wildman–Crippen LogP) is 3.50. The maximum absolute atomic E-state index is 11.0. The molecule has 106 valence electrons. The van der Waals surface area contributed by atoms with E-state index < -0.39 is 5.97 Å². The number of halogens is 1. The molecule has 0 bridgehead atoms. The topological polar surface area (TPSA) is 64.3 Å². The average Bonchev–Trinajstić information content (AvgIpc) is 2.86. The largest absolute Gasteiger partial charge is 0.487 e. The lowest BCUT2D eigenvalue weighted by molar-refractivity contribution is 0.0695. The van der Waals surface area contributed by atoms with Crippen LogP contribution in [0.3, 0.4) is 0 Å². The first-order chi connectivity index (χ1) is 9.47. The predicted molar refractivity (Wildman–Crippen MR) is 78.0 cm³/mol. The van der Waals surface area contributed by atoms with Crippen molar-refractivity contribution in [1.29, 1.82) is 0 Å². The molecule has 0 spiro atoms. The summed E-state index contributed by atoms with van der Waals surface area (Å²) in [5, 5.41) is 13.4. The lowest BCUT2D eigenvalue weighted by Gasteiger charge is -2.07. The minimum atomic E-state index is -0.994. The Labute approximate surface area is 125 Å². The number of hydrogen-bond acceptors (Lipinski definition) is 3. The summed E-state index contributed by atoms with van der Waals surface area (Å²) in [6.07, 6.45) is 1.90. The minimum absolute atomic E-state index is 0.176. The van der Waals surface area contributed by atoms with Gasteiger partial charge in [-0.05, 0) is 54.0 Å². The maximum Gasteiger partial charge on any atom is 0.336 e. The molecule has 1 N–H and O–H groups in total. The van der Waals surface area contributed by atoms with E-state index in [1.54, 1.807) is 12.1 Å². The summed E-state index contributed by atoms with van der Waals surface area (Å²) in [6, 6.07) is 7.06. The molecule has 5 nitrogen and oxygen atoms in total. The molecular weight excluding hydrogens is 324 g/mol. The Hall–Kier alpha value is -1.82. The van der Waals surface area contributed by atoms with Crippen LogP contribution in [0.2, 0.25) is 0 Å². The molecule has 0 aliphatic carbocycles. The smallest absolute Gasteiger partial charge is 0.336 e. The van der Waals surface area contributed by atoms with Gasteiger partial charge in [-0.1, -0.05) is 0 Å². The second-order valence-corrected chi connectivity index (χ2v) is 5.47. The number of ether oxygens (including phenoxy) is 1. The number of aromatic nitrogens is 2. The summed E-state index contributed by atoms with van der Waals surface area (Å²) in [5.41, 5.74) is 0.980. The van der Waals surface area contributed by atoms with E-state index in [1.165, 1.54) is 6.07 Å². The highest BCUT2D eigenvalue weighted by molar-refractivity contribution is 9.10. The third-order valence-electron chi connectivity index (χ3n) is 2.75. The maximum atomic E-state index is 11.0. The first-order valence-corrected chi connectivity index (χ1v) is 6.96. The molecule has 2 aromatic rings. The fraction of sp³-hybridized carbons (Fsp3) is 0.286. The zero-order valence-electron chi connectivity index (χ0n) is 11.2. The Balaban J connectivity index is 2.06. The summed E-state index contributed by atoms with van der Waals surface area (Å²) >= 11 is 3.19. The molecule has 0 aliphatic rings. The van der Waals surface area contributed by atoms with Crippen LogP contribution in [0.4, 0.5) is 0 Å². The molecule has 2 rings (SSSR count). The number of hydrogen-bond donors (Lipinski definition) is 1. The molecule has 0 saturated carbocycles. The number of benzene rings is 1. The molecule has 0 unspecified atom stereocenters. The number of carboxylic acids is 1. The zero-order valence-corrected chi connectivity index (χ0v) is 12.8. The Morgan fingerprint density at radius 2 is 2.20 bits per heavy atom. The highest BCUT2D eigenvalue weighted by Crippen LogP contribution is 2.23. The standard InChI is InChI=1S/C14H15BrN2O3/c1-9(2)17-6-5-10(16-17)8-20-11-3-4-13(15)12(7-11)14(18)19/h3-7,9H,8H2,1-2H3,(H,18,19). The van der Waals surface area contributed by atoms with E-state index >= 15 is 0 Å². The SMILES string of the molecule is CC(C)n1ccc(COc2ccc(Br)c(C(=O)O)c2)n1. The summed E-state index contributed by atoms with van der Waals surface area (Å²) in [4.78, 5) is 11.0. The molecule has 0 fully saturated rings. The molecule has 20 heavy (non-hydrogen) atoms. The van der Waals surface area contributed by atoms with Crippen LogP contribution in [0.1, 0.15) is 35.9 Å². The van der Waals surface area contributed by atoms with Gasteiger partial charge in [0.25, 0.3) is 0 Å². The van der Waals surface area contributed by atoms with Crippen LogP contribution >= 0.6 is 15.9 Å². The zero-order chi connectivity index (χ0) is 14.7. The van der Waals surface area contributed by atoms with Crippen molar-refractivity contribution < 1.29 is 14.6 Å². The van der Waals surface area contributed by atoms with Crippen molar-refractivity contribution in [3.8, 4) is 5.75 Å². The molecule has 6 heteroatoms. The molecule has 1 aromatic heterocycles. The van der Waals surface area contributed by atoms with Crippen molar-refractivity contribution >= 4 is 21.9 Å². The van der Waals surface area contributed by atoms with Crippen LogP contribution in [0.5, 0.6) is 5.75 Å². The van der Waals surface area contributed by atoms with Gasteiger partial charge in [0.15, 0.2) is 0 Å². The summed E-state index contributed by atoms with van der Waals surface area (Å²) < 4.78 is 7.95. The summed E-state index contributed by atoms with van der Waals surface area (Å²) in [5.74, 6) is -0.490. The number of rotatable bonds is 5. The molecule has 0 atom stereocenters. The lowest BCUT2D eigenvalue weighted by atomic mass is 10.2. The lowest BCUT2D eigenvalue weighted by Crippen LogP contribution is -2.04. The molecule has 0 saturated heterocycles. The van der Waals surface area contributed by atoms with Crippen molar-refractivity contribution in [2.75, 3.05) is 0 Å². The van der Waals surface area contributed by atoms with Gasteiger partial charge < -0.3 is 9.84 Å². The van der Waals surface area contributed by atoms with E-state index in [4.69, 9.17) is 9.84 Å².